The summed E-state index contributed by atoms with van der Waals surface area (Å²) in [6.07, 6.45) is -8.57. The summed E-state index contributed by atoms with van der Waals surface area (Å²) in [5.74, 6) is -0.478. The number of carbonyl (C=O) groups excluding carboxylic acids is 1. The number of benzene rings is 2. The highest BCUT2D eigenvalue weighted by Crippen LogP contribution is 2.43. The van der Waals surface area contributed by atoms with Crippen molar-refractivity contribution < 1.29 is 45.7 Å². The normalized spacial score (nSPS) is 16.6. The molecule has 46 heavy (non-hydrogen) atoms. The van der Waals surface area contributed by atoms with Crippen LogP contribution in [0.2, 0.25) is 0 Å². The molecule has 1 aliphatic rings. The molecule has 2 aromatic carbocycles. The number of H-pyrrole nitrogens is 1. The Kier molecular flexibility index (Phi) is 8.96. The Morgan fingerprint density at radius 3 is 2.61 bits per heavy atom. The average molecular weight is 670 g/mol. The molecule has 2 aromatic heterocycles. The van der Waals surface area contributed by atoms with Crippen molar-refractivity contribution >= 4 is 45.1 Å². The van der Waals surface area contributed by atoms with Gasteiger partial charge in [-0.1, -0.05) is 23.5 Å². The number of ether oxygens (including phenoxy) is 2. The SMILES string of the molecule is CC(C)(C)OC(=O)NCC1CN(c2nc(O)c(C(=Cc3ccc(C(F)(F)F)cc3C(F)(F)F)c3ccc4[nH]ncc4c3)s2)CCO1. The summed E-state index contributed by atoms with van der Waals surface area (Å²) < 4.78 is 93.2. The maximum atomic E-state index is 14.1. The summed E-state index contributed by atoms with van der Waals surface area (Å²) in [7, 11) is 0. The number of aromatic nitrogens is 3. The fourth-order valence-corrected chi connectivity index (χ4v) is 5.82. The molecule has 0 aliphatic carbocycles. The van der Waals surface area contributed by atoms with E-state index in [1.165, 1.54) is 6.20 Å². The predicted octanol–water partition coefficient (Wildman–Crippen LogP) is 7.08. The zero-order valence-electron chi connectivity index (χ0n) is 24.7. The number of halogens is 6. The third kappa shape index (κ3) is 7.73. The number of aromatic hydroxyl groups is 1. The van der Waals surface area contributed by atoms with E-state index >= 15 is 0 Å². The maximum Gasteiger partial charge on any atom is 0.417 e. The monoisotopic (exact) mass is 669 g/mol. The number of amides is 1. The van der Waals surface area contributed by atoms with Crippen LogP contribution in [0.1, 0.15) is 47.9 Å². The Hall–Kier alpha value is -4.31. The molecule has 3 N–H and O–H groups in total. The quantitative estimate of drug-likeness (QED) is 0.149. The van der Waals surface area contributed by atoms with E-state index in [9.17, 15) is 36.2 Å². The van der Waals surface area contributed by atoms with Crippen LogP contribution in [0.4, 0.5) is 36.3 Å². The first-order valence-electron chi connectivity index (χ1n) is 13.9. The molecule has 1 saturated heterocycles. The highest BCUT2D eigenvalue weighted by atomic mass is 32.1. The molecule has 0 saturated carbocycles. The molecule has 1 atom stereocenters. The number of aromatic amines is 1. The summed E-state index contributed by atoms with van der Waals surface area (Å²) in [6.45, 7) is 6.21. The molecule has 1 amide bonds. The van der Waals surface area contributed by atoms with Gasteiger partial charge >= 0.3 is 18.4 Å². The summed E-state index contributed by atoms with van der Waals surface area (Å²) in [5, 5.41) is 21.3. The Morgan fingerprint density at radius 2 is 1.91 bits per heavy atom. The summed E-state index contributed by atoms with van der Waals surface area (Å²) >= 11 is 0.995. The van der Waals surface area contributed by atoms with E-state index in [0.717, 1.165) is 23.5 Å². The number of rotatable bonds is 6. The molecule has 0 bridgehead atoms. The third-order valence-corrected chi connectivity index (χ3v) is 8.00. The molecule has 9 nitrogen and oxygen atoms in total. The number of hydrogen-bond acceptors (Lipinski definition) is 8. The summed E-state index contributed by atoms with van der Waals surface area (Å²) in [4.78, 5) is 18.3. The van der Waals surface area contributed by atoms with Gasteiger partial charge in [-0.3, -0.25) is 5.10 Å². The number of thiazole rings is 1. The van der Waals surface area contributed by atoms with Crippen molar-refractivity contribution in [2.45, 2.75) is 44.8 Å². The Morgan fingerprint density at radius 1 is 1.15 bits per heavy atom. The minimum absolute atomic E-state index is 0.0693. The van der Waals surface area contributed by atoms with Crippen LogP contribution in [0, 0.1) is 0 Å². The Labute approximate surface area is 262 Å². The zero-order valence-corrected chi connectivity index (χ0v) is 25.5. The highest BCUT2D eigenvalue weighted by molar-refractivity contribution is 7.17. The van der Waals surface area contributed by atoms with Gasteiger partial charge in [-0.05, 0) is 62.2 Å². The first-order chi connectivity index (χ1) is 21.5. The van der Waals surface area contributed by atoms with Crippen molar-refractivity contribution in [2.24, 2.45) is 0 Å². The van der Waals surface area contributed by atoms with Crippen LogP contribution < -0.4 is 10.2 Å². The van der Waals surface area contributed by atoms with Crippen molar-refractivity contribution in [1.29, 1.82) is 0 Å². The van der Waals surface area contributed by atoms with Gasteiger partial charge in [0, 0.05) is 30.6 Å². The smallest absolute Gasteiger partial charge is 0.417 e. The number of morpholine rings is 1. The molecule has 3 heterocycles. The molecular weight excluding hydrogens is 640 g/mol. The third-order valence-electron chi connectivity index (χ3n) is 6.86. The Bertz CT molecular complexity index is 1760. The van der Waals surface area contributed by atoms with E-state index < -0.39 is 52.7 Å². The number of carbonyl (C=O) groups is 1. The lowest BCUT2D eigenvalue weighted by molar-refractivity contribution is -0.143. The van der Waals surface area contributed by atoms with Gasteiger partial charge < -0.3 is 24.8 Å². The summed E-state index contributed by atoms with van der Waals surface area (Å²) in [5.41, 5.74) is -3.03. The van der Waals surface area contributed by atoms with Crippen molar-refractivity contribution in [3.05, 3.63) is 69.7 Å². The van der Waals surface area contributed by atoms with Crippen LogP contribution >= 0.6 is 11.3 Å². The van der Waals surface area contributed by atoms with Gasteiger partial charge in [-0.25, -0.2) is 4.79 Å². The van der Waals surface area contributed by atoms with Crippen molar-refractivity contribution in [2.75, 3.05) is 31.1 Å². The second-order valence-corrected chi connectivity index (χ2v) is 12.5. The minimum atomic E-state index is -5.11. The van der Waals surface area contributed by atoms with Crippen LogP contribution in [-0.2, 0) is 21.8 Å². The lowest BCUT2D eigenvalue weighted by Gasteiger charge is -2.32. The Balaban J connectivity index is 1.52. The molecule has 0 radical (unpaired) electrons. The van der Waals surface area contributed by atoms with Crippen LogP contribution in [-0.4, -0.2) is 64.3 Å². The van der Waals surface area contributed by atoms with Gasteiger partial charge in [0.1, 0.15) is 10.5 Å². The maximum absolute atomic E-state index is 14.1. The standard InChI is InChI=1S/C30H29F6N5O4S/c1-28(2,3)45-27(43)37-14-20-15-41(8-9-44-20)26-39-25(42)24(46-26)21(16-5-7-23-18(10-16)13-38-40-23)11-17-4-6-19(29(31,32)33)12-22(17)30(34,35)36/h4-7,10-13,20,42H,8-9,14-15H2,1-3H3,(H,37,43)(H,38,40). The number of alkyl carbamates (subject to hydrolysis) is 1. The zero-order chi connectivity index (χ0) is 33.4. The van der Waals surface area contributed by atoms with Gasteiger partial charge in [-0.15, -0.1) is 0 Å². The van der Waals surface area contributed by atoms with Crippen LogP contribution in [0.15, 0.2) is 42.6 Å². The van der Waals surface area contributed by atoms with Crippen LogP contribution in [0.25, 0.3) is 22.6 Å². The minimum Gasteiger partial charge on any atom is -0.492 e. The molecule has 16 heteroatoms. The van der Waals surface area contributed by atoms with Crippen molar-refractivity contribution in [3.63, 3.8) is 0 Å². The van der Waals surface area contributed by atoms with Crippen molar-refractivity contribution in [1.82, 2.24) is 20.5 Å². The number of alkyl halides is 6. The molecule has 1 unspecified atom stereocenters. The van der Waals surface area contributed by atoms with Crippen LogP contribution in [0.3, 0.4) is 0 Å². The van der Waals surface area contributed by atoms with Gasteiger partial charge in [-0.2, -0.15) is 36.4 Å². The lowest BCUT2D eigenvalue weighted by atomic mass is 9.96. The number of nitrogens with one attached hydrogen (secondary N) is 2. The van der Waals surface area contributed by atoms with Gasteiger partial charge in [0.25, 0.3) is 0 Å². The number of nitrogens with zero attached hydrogens (tertiary/aromatic N) is 3. The molecule has 1 aliphatic heterocycles. The van der Waals surface area contributed by atoms with E-state index in [1.54, 1.807) is 43.9 Å². The average Bonchev–Trinajstić information content (AvgIpc) is 3.59. The van der Waals surface area contributed by atoms with Gasteiger partial charge in [0.15, 0.2) is 5.13 Å². The lowest BCUT2D eigenvalue weighted by Crippen LogP contribution is -2.48. The fraction of sp³-hybridized carbons (Fsp3) is 0.367. The topological polar surface area (TPSA) is 113 Å². The van der Waals surface area contributed by atoms with Crippen LogP contribution in [0.5, 0.6) is 5.88 Å². The second-order valence-electron chi connectivity index (χ2n) is 11.5. The first kappa shape index (κ1) is 33.1. The number of anilines is 1. The molecule has 1 fully saturated rings. The first-order valence-corrected chi connectivity index (χ1v) is 14.8. The van der Waals surface area contributed by atoms with E-state index in [4.69, 9.17) is 9.47 Å². The number of fused-ring (bicyclic) bond motifs is 1. The van der Waals surface area contributed by atoms with E-state index in [1.807, 2.05) is 0 Å². The van der Waals surface area contributed by atoms with E-state index in [2.05, 4.69) is 20.5 Å². The predicted molar refractivity (Wildman–Crippen MR) is 159 cm³/mol. The number of hydrogen-bond donors (Lipinski definition) is 3. The van der Waals surface area contributed by atoms with E-state index in [0.29, 0.717) is 34.2 Å². The van der Waals surface area contributed by atoms with Crippen molar-refractivity contribution in [3.8, 4) is 5.88 Å². The molecule has 0 spiro atoms. The molecule has 246 valence electrons. The molecule has 4 aromatic rings. The summed E-state index contributed by atoms with van der Waals surface area (Å²) in [6, 6.07) is 6.27. The molecular formula is C30H29F6N5O4S. The fourth-order valence-electron chi connectivity index (χ4n) is 4.79. The van der Waals surface area contributed by atoms with E-state index in [-0.39, 0.29) is 36.2 Å². The molecule has 5 rings (SSSR count). The van der Waals surface area contributed by atoms with Gasteiger partial charge in [0.2, 0.25) is 5.88 Å². The van der Waals surface area contributed by atoms with Gasteiger partial charge in [0.05, 0.1) is 35.6 Å². The largest absolute Gasteiger partial charge is 0.492 e. The highest BCUT2D eigenvalue weighted by Gasteiger charge is 2.38. The second kappa shape index (κ2) is 12.5.